The van der Waals surface area contributed by atoms with Crippen LogP contribution in [-0.2, 0) is 0 Å². The maximum absolute atomic E-state index is 14.1. The fourth-order valence-corrected chi connectivity index (χ4v) is 3.37. The van der Waals surface area contributed by atoms with Crippen molar-refractivity contribution >= 4 is 0 Å². The van der Waals surface area contributed by atoms with Crippen LogP contribution in [0.25, 0.3) is 17.1 Å². The standard InChI is InChI=1S/C19H20F2N6O2/c1-22-12-2-5-15(21)17(6-12)29-18-9-23-19(26-25-18)14-4-3-13(7-16(14)28)27-10-11(20)8-24-27/h3-4,7-10,12,15,17,22,28H,2,5-6H2,1H3/t12?,15?,17-/m0/s1. The third-order valence-corrected chi connectivity index (χ3v) is 4.97. The van der Waals surface area contributed by atoms with Crippen molar-refractivity contribution in [1.29, 1.82) is 0 Å². The Labute approximate surface area is 165 Å². The van der Waals surface area contributed by atoms with Gasteiger partial charge in [-0.25, -0.2) is 18.4 Å². The number of halogens is 2. The number of aromatic hydroxyl groups is 1. The molecule has 1 aliphatic rings. The van der Waals surface area contributed by atoms with Crippen LogP contribution in [0.3, 0.4) is 0 Å². The Bertz CT molecular complexity index is 981. The largest absolute Gasteiger partial charge is 0.507 e. The Hall–Kier alpha value is -3.14. The van der Waals surface area contributed by atoms with E-state index < -0.39 is 18.1 Å². The van der Waals surface area contributed by atoms with Gasteiger partial charge in [-0.15, -0.1) is 10.2 Å². The zero-order chi connectivity index (χ0) is 20.4. The third-order valence-electron chi connectivity index (χ3n) is 4.97. The Morgan fingerprint density at radius 2 is 2.10 bits per heavy atom. The summed E-state index contributed by atoms with van der Waals surface area (Å²) in [5, 5.41) is 25.2. The van der Waals surface area contributed by atoms with E-state index in [-0.39, 0.29) is 23.5 Å². The lowest BCUT2D eigenvalue weighted by Gasteiger charge is -2.31. The van der Waals surface area contributed by atoms with Crippen LogP contribution >= 0.6 is 0 Å². The van der Waals surface area contributed by atoms with Gasteiger partial charge in [0, 0.05) is 18.5 Å². The number of benzene rings is 1. The van der Waals surface area contributed by atoms with E-state index in [1.54, 1.807) is 12.1 Å². The maximum Gasteiger partial charge on any atom is 0.252 e. The van der Waals surface area contributed by atoms with Gasteiger partial charge in [0.1, 0.15) is 18.0 Å². The van der Waals surface area contributed by atoms with Crippen molar-refractivity contribution < 1.29 is 18.6 Å². The molecule has 8 nitrogen and oxygen atoms in total. The van der Waals surface area contributed by atoms with E-state index in [0.29, 0.717) is 24.1 Å². The highest BCUT2D eigenvalue weighted by molar-refractivity contribution is 5.65. The minimum Gasteiger partial charge on any atom is -0.507 e. The summed E-state index contributed by atoms with van der Waals surface area (Å²) in [6.07, 6.45) is 3.68. The molecule has 1 aromatic carbocycles. The molecule has 2 aromatic heterocycles. The summed E-state index contributed by atoms with van der Waals surface area (Å²) in [6, 6.07) is 4.84. The van der Waals surface area contributed by atoms with Crippen molar-refractivity contribution in [2.24, 2.45) is 0 Å². The molecular weight excluding hydrogens is 382 g/mol. The quantitative estimate of drug-likeness (QED) is 0.676. The van der Waals surface area contributed by atoms with E-state index in [0.717, 1.165) is 12.6 Å². The zero-order valence-corrected chi connectivity index (χ0v) is 15.7. The van der Waals surface area contributed by atoms with Crippen LogP contribution in [-0.4, -0.2) is 55.4 Å². The summed E-state index contributed by atoms with van der Waals surface area (Å²) in [6.45, 7) is 0. The number of rotatable bonds is 5. The molecule has 2 heterocycles. The Morgan fingerprint density at radius 1 is 1.24 bits per heavy atom. The fourth-order valence-electron chi connectivity index (χ4n) is 3.37. The molecule has 0 spiro atoms. The minimum atomic E-state index is -1.07. The summed E-state index contributed by atoms with van der Waals surface area (Å²) >= 11 is 0. The van der Waals surface area contributed by atoms with Crippen LogP contribution < -0.4 is 10.1 Å². The molecule has 0 radical (unpaired) electrons. The Balaban J connectivity index is 1.49. The van der Waals surface area contributed by atoms with E-state index in [4.69, 9.17) is 4.74 Å². The van der Waals surface area contributed by atoms with E-state index >= 15 is 0 Å². The number of hydrogen-bond acceptors (Lipinski definition) is 7. The van der Waals surface area contributed by atoms with Crippen LogP contribution in [0.1, 0.15) is 19.3 Å². The van der Waals surface area contributed by atoms with Crippen LogP contribution in [0, 0.1) is 5.82 Å². The van der Waals surface area contributed by atoms with Gasteiger partial charge < -0.3 is 15.2 Å². The molecule has 1 fully saturated rings. The van der Waals surface area contributed by atoms with Gasteiger partial charge in [0.25, 0.3) is 5.88 Å². The average Bonchev–Trinajstić information content (AvgIpc) is 3.17. The molecule has 10 heteroatoms. The molecule has 1 saturated carbocycles. The van der Waals surface area contributed by atoms with Crippen molar-refractivity contribution in [2.45, 2.75) is 37.6 Å². The van der Waals surface area contributed by atoms with Gasteiger partial charge >= 0.3 is 0 Å². The van der Waals surface area contributed by atoms with Crippen molar-refractivity contribution in [3.05, 3.63) is 42.6 Å². The van der Waals surface area contributed by atoms with Crippen molar-refractivity contribution in [3.8, 4) is 28.7 Å². The van der Waals surface area contributed by atoms with Gasteiger partial charge in [-0.3, -0.25) is 0 Å². The molecule has 3 atom stereocenters. The maximum atomic E-state index is 14.1. The summed E-state index contributed by atoms with van der Waals surface area (Å²) < 4.78 is 34.2. The predicted octanol–water partition coefficient (Wildman–Crippen LogP) is 2.43. The number of phenols is 1. The third kappa shape index (κ3) is 4.16. The van der Waals surface area contributed by atoms with Crippen LogP contribution in [0.15, 0.2) is 36.8 Å². The van der Waals surface area contributed by atoms with Gasteiger partial charge in [-0.1, -0.05) is 0 Å². The lowest BCUT2D eigenvalue weighted by Crippen LogP contribution is -2.42. The molecule has 4 rings (SSSR count). The summed E-state index contributed by atoms with van der Waals surface area (Å²) in [5.74, 6) is -0.282. The van der Waals surface area contributed by atoms with E-state index in [2.05, 4.69) is 25.6 Å². The first kappa shape index (κ1) is 19.2. The van der Waals surface area contributed by atoms with E-state index in [1.165, 1.54) is 23.1 Å². The number of ether oxygens (including phenoxy) is 1. The molecular formula is C19H20F2N6O2. The zero-order valence-electron chi connectivity index (χ0n) is 15.7. The highest BCUT2D eigenvalue weighted by atomic mass is 19.1. The highest BCUT2D eigenvalue weighted by Crippen LogP contribution is 2.29. The molecule has 2 N–H and O–H groups in total. The number of hydrogen-bond donors (Lipinski definition) is 2. The normalized spacial score (nSPS) is 21.8. The number of alkyl halides is 1. The van der Waals surface area contributed by atoms with E-state index in [9.17, 15) is 13.9 Å². The van der Waals surface area contributed by atoms with Gasteiger partial charge in [0.05, 0.1) is 29.8 Å². The van der Waals surface area contributed by atoms with Gasteiger partial charge in [0.15, 0.2) is 11.6 Å². The molecule has 0 bridgehead atoms. The molecule has 0 aliphatic heterocycles. The highest BCUT2D eigenvalue weighted by Gasteiger charge is 2.32. The second kappa shape index (κ2) is 8.08. The lowest BCUT2D eigenvalue weighted by molar-refractivity contribution is 0.0470. The first-order valence-electron chi connectivity index (χ1n) is 9.25. The first-order valence-corrected chi connectivity index (χ1v) is 9.25. The number of nitrogens with one attached hydrogen (secondary N) is 1. The molecule has 3 aromatic rings. The summed E-state index contributed by atoms with van der Waals surface area (Å²) in [4.78, 5) is 4.17. The topological polar surface area (TPSA) is 98.0 Å². The van der Waals surface area contributed by atoms with Gasteiger partial charge in [0.2, 0.25) is 0 Å². The second-order valence-electron chi connectivity index (χ2n) is 6.90. The predicted molar refractivity (Wildman–Crippen MR) is 100 cm³/mol. The number of nitrogens with zero attached hydrogens (tertiary/aromatic N) is 5. The van der Waals surface area contributed by atoms with Crippen molar-refractivity contribution in [2.75, 3.05) is 7.05 Å². The molecule has 29 heavy (non-hydrogen) atoms. The molecule has 2 unspecified atom stereocenters. The molecule has 1 aliphatic carbocycles. The fraction of sp³-hybridized carbons (Fsp3) is 0.368. The Kier molecular flexibility index (Phi) is 5.34. The monoisotopic (exact) mass is 402 g/mol. The molecule has 152 valence electrons. The first-order chi connectivity index (χ1) is 14.0. The van der Waals surface area contributed by atoms with E-state index in [1.807, 2.05) is 7.05 Å². The smallest absolute Gasteiger partial charge is 0.252 e. The van der Waals surface area contributed by atoms with Gasteiger partial charge in [-0.05, 0) is 32.0 Å². The van der Waals surface area contributed by atoms with Crippen molar-refractivity contribution in [3.63, 3.8) is 0 Å². The SMILES string of the molecule is CNC1CCC(F)[C@@H](Oc2cnc(-c3ccc(-n4cc(F)cn4)cc3O)nn2)C1. The second-order valence-corrected chi connectivity index (χ2v) is 6.90. The number of phenolic OH excluding ortho intramolecular Hbond substituents is 1. The summed E-state index contributed by atoms with van der Waals surface area (Å²) in [5.41, 5.74) is 0.824. The van der Waals surface area contributed by atoms with Crippen LogP contribution in [0.4, 0.5) is 8.78 Å². The average molecular weight is 402 g/mol. The Morgan fingerprint density at radius 3 is 2.76 bits per heavy atom. The van der Waals surface area contributed by atoms with Crippen LogP contribution in [0.2, 0.25) is 0 Å². The van der Waals surface area contributed by atoms with Crippen LogP contribution in [0.5, 0.6) is 11.6 Å². The summed E-state index contributed by atoms with van der Waals surface area (Å²) in [7, 11) is 1.84. The van der Waals surface area contributed by atoms with Crippen molar-refractivity contribution in [1.82, 2.24) is 30.3 Å². The number of aromatic nitrogens is 5. The molecule has 0 saturated heterocycles. The lowest BCUT2D eigenvalue weighted by atomic mass is 9.91. The minimum absolute atomic E-state index is 0.109. The molecule has 0 amide bonds. The van der Waals surface area contributed by atoms with Gasteiger partial charge in [-0.2, -0.15) is 5.10 Å².